The third kappa shape index (κ3) is 2.81. The zero-order valence-electron chi connectivity index (χ0n) is 12.7. The maximum Gasteiger partial charge on any atom is 0.252 e. The van der Waals surface area contributed by atoms with E-state index in [4.69, 9.17) is 4.74 Å². The number of anilines is 1. The number of fused-ring (bicyclic) bond motifs is 1. The lowest BCUT2D eigenvalue weighted by Gasteiger charge is -2.34. The number of aromatic nitrogens is 1. The van der Waals surface area contributed by atoms with Crippen molar-refractivity contribution in [2.24, 2.45) is 12.5 Å². The Kier molecular flexibility index (Phi) is 3.72. The minimum atomic E-state index is 0.0216. The van der Waals surface area contributed by atoms with Gasteiger partial charge in [0, 0.05) is 43.9 Å². The van der Waals surface area contributed by atoms with E-state index in [0.717, 1.165) is 49.2 Å². The van der Waals surface area contributed by atoms with E-state index in [1.54, 1.807) is 10.6 Å². The fraction of sp³-hybridized carbons (Fsp3) is 0.471. The van der Waals surface area contributed by atoms with Crippen LogP contribution < -0.4 is 10.9 Å². The highest BCUT2D eigenvalue weighted by Crippen LogP contribution is 2.31. The molecule has 3 rings (SSSR count). The van der Waals surface area contributed by atoms with E-state index in [1.807, 2.05) is 25.2 Å². The van der Waals surface area contributed by atoms with Crippen molar-refractivity contribution in [1.29, 1.82) is 0 Å². The lowest BCUT2D eigenvalue weighted by atomic mass is 9.82. The van der Waals surface area contributed by atoms with E-state index in [-0.39, 0.29) is 11.0 Å². The Bertz CT molecular complexity index is 699. The molecule has 0 bridgehead atoms. The first kappa shape index (κ1) is 14.1. The Morgan fingerprint density at radius 3 is 2.76 bits per heavy atom. The van der Waals surface area contributed by atoms with E-state index < -0.39 is 0 Å². The largest absolute Gasteiger partial charge is 0.384 e. The summed E-state index contributed by atoms with van der Waals surface area (Å²) in [5.74, 6) is 0. The Morgan fingerprint density at radius 2 is 2.00 bits per heavy atom. The number of ether oxygens (including phenoxy) is 1. The van der Waals surface area contributed by atoms with Gasteiger partial charge >= 0.3 is 0 Å². The average Bonchev–Trinajstić information content (AvgIpc) is 2.50. The van der Waals surface area contributed by atoms with Gasteiger partial charge in [-0.15, -0.1) is 0 Å². The molecule has 0 atom stereocenters. The average molecular weight is 286 g/mol. The first-order chi connectivity index (χ1) is 10.1. The molecule has 21 heavy (non-hydrogen) atoms. The number of benzene rings is 1. The van der Waals surface area contributed by atoms with E-state index in [1.165, 1.54) is 0 Å². The van der Waals surface area contributed by atoms with Gasteiger partial charge in [0.2, 0.25) is 0 Å². The number of nitrogens with one attached hydrogen (secondary N) is 1. The lowest BCUT2D eigenvalue weighted by Crippen LogP contribution is -2.33. The second-order valence-corrected chi connectivity index (χ2v) is 6.25. The van der Waals surface area contributed by atoms with Crippen LogP contribution in [0.5, 0.6) is 0 Å². The van der Waals surface area contributed by atoms with Crippen molar-refractivity contribution in [1.82, 2.24) is 4.57 Å². The molecule has 0 aliphatic carbocycles. The minimum absolute atomic E-state index is 0.0216. The monoisotopic (exact) mass is 286 g/mol. The molecule has 1 aromatic carbocycles. The summed E-state index contributed by atoms with van der Waals surface area (Å²) in [5, 5.41) is 4.59. The predicted molar refractivity (Wildman–Crippen MR) is 85.8 cm³/mol. The maximum absolute atomic E-state index is 12.1. The molecular formula is C17H22N2O2. The molecule has 1 fully saturated rings. The number of aryl methyl sites for hydroxylation is 1. The lowest BCUT2D eigenvalue weighted by molar-refractivity contribution is 0.0300. The Morgan fingerprint density at radius 1 is 1.29 bits per heavy atom. The van der Waals surface area contributed by atoms with E-state index >= 15 is 0 Å². The third-order valence-corrected chi connectivity index (χ3v) is 4.56. The Labute approximate surface area is 124 Å². The van der Waals surface area contributed by atoms with Crippen molar-refractivity contribution in [2.75, 3.05) is 25.1 Å². The van der Waals surface area contributed by atoms with Gasteiger partial charge in [-0.2, -0.15) is 0 Å². The number of hydrogen-bond donors (Lipinski definition) is 1. The second kappa shape index (κ2) is 5.53. The zero-order valence-corrected chi connectivity index (χ0v) is 12.7. The van der Waals surface area contributed by atoms with Gasteiger partial charge in [0.15, 0.2) is 0 Å². The Balaban J connectivity index is 1.90. The van der Waals surface area contributed by atoms with Crippen molar-refractivity contribution in [3.05, 3.63) is 40.7 Å². The van der Waals surface area contributed by atoms with Crippen LogP contribution in [-0.2, 0) is 11.8 Å². The van der Waals surface area contributed by atoms with E-state index in [0.29, 0.717) is 0 Å². The Hall–Kier alpha value is -1.81. The standard InChI is InChI=1S/C17H22N2O2/c1-17(7-9-21-10-8-17)12-18-14-11-16(20)19(2)15-6-4-3-5-13(14)15/h3-6,11,18H,7-10,12H2,1-2H3. The van der Waals surface area contributed by atoms with Gasteiger partial charge < -0.3 is 14.6 Å². The first-order valence-corrected chi connectivity index (χ1v) is 7.49. The maximum atomic E-state index is 12.1. The molecule has 2 heterocycles. The topological polar surface area (TPSA) is 43.3 Å². The van der Waals surface area contributed by atoms with E-state index in [2.05, 4.69) is 18.3 Å². The van der Waals surface area contributed by atoms with Gasteiger partial charge in [0.25, 0.3) is 5.56 Å². The molecule has 4 nitrogen and oxygen atoms in total. The second-order valence-electron chi connectivity index (χ2n) is 6.25. The summed E-state index contributed by atoms with van der Waals surface area (Å²) in [7, 11) is 1.81. The number of nitrogens with zero attached hydrogens (tertiary/aromatic N) is 1. The van der Waals surface area contributed by atoms with Gasteiger partial charge in [-0.25, -0.2) is 0 Å². The summed E-state index contributed by atoms with van der Waals surface area (Å²) in [4.78, 5) is 12.1. The summed E-state index contributed by atoms with van der Waals surface area (Å²) in [5.41, 5.74) is 2.15. The SMILES string of the molecule is Cn1c(=O)cc(NCC2(C)CCOCC2)c2ccccc21. The van der Waals surface area contributed by atoms with Gasteiger partial charge in [-0.05, 0) is 24.3 Å². The fourth-order valence-corrected chi connectivity index (χ4v) is 2.91. The first-order valence-electron chi connectivity index (χ1n) is 7.49. The van der Waals surface area contributed by atoms with Gasteiger partial charge in [-0.1, -0.05) is 25.1 Å². The molecule has 2 aromatic rings. The molecule has 0 amide bonds. The van der Waals surface area contributed by atoms with Crippen LogP contribution >= 0.6 is 0 Å². The van der Waals surface area contributed by atoms with Crippen molar-refractivity contribution in [3.8, 4) is 0 Å². The molecule has 1 aliphatic rings. The smallest absolute Gasteiger partial charge is 0.252 e. The van der Waals surface area contributed by atoms with Crippen molar-refractivity contribution in [2.45, 2.75) is 19.8 Å². The van der Waals surface area contributed by atoms with Gasteiger partial charge in [0.05, 0.1) is 5.52 Å². The zero-order chi connectivity index (χ0) is 14.9. The van der Waals surface area contributed by atoms with Crippen LogP contribution in [0.4, 0.5) is 5.69 Å². The van der Waals surface area contributed by atoms with Crippen LogP contribution in [0.1, 0.15) is 19.8 Å². The molecule has 0 saturated carbocycles. The van der Waals surface area contributed by atoms with Crippen molar-refractivity contribution >= 4 is 16.6 Å². The van der Waals surface area contributed by atoms with Crippen LogP contribution in [0, 0.1) is 5.41 Å². The number of hydrogen-bond acceptors (Lipinski definition) is 3. The quantitative estimate of drug-likeness (QED) is 0.943. The fourth-order valence-electron chi connectivity index (χ4n) is 2.91. The molecule has 1 aliphatic heterocycles. The summed E-state index contributed by atoms with van der Waals surface area (Å²) >= 11 is 0. The van der Waals surface area contributed by atoms with Crippen molar-refractivity contribution < 1.29 is 4.74 Å². The van der Waals surface area contributed by atoms with E-state index in [9.17, 15) is 4.79 Å². The molecule has 112 valence electrons. The van der Waals surface area contributed by atoms with Crippen molar-refractivity contribution in [3.63, 3.8) is 0 Å². The summed E-state index contributed by atoms with van der Waals surface area (Å²) < 4.78 is 7.13. The van der Waals surface area contributed by atoms with Crippen LogP contribution in [0.25, 0.3) is 10.9 Å². The predicted octanol–water partition coefficient (Wildman–Crippen LogP) is 2.77. The summed E-state index contributed by atoms with van der Waals surface area (Å²) in [6, 6.07) is 9.71. The molecule has 1 N–H and O–H groups in total. The van der Waals surface area contributed by atoms with Crippen LogP contribution in [0.2, 0.25) is 0 Å². The third-order valence-electron chi connectivity index (χ3n) is 4.56. The van der Waals surface area contributed by atoms with Gasteiger partial charge in [0.1, 0.15) is 0 Å². The number of para-hydroxylation sites is 1. The van der Waals surface area contributed by atoms with Crippen LogP contribution in [-0.4, -0.2) is 24.3 Å². The molecule has 0 unspecified atom stereocenters. The normalized spacial score (nSPS) is 17.8. The summed E-state index contributed by atoms with van der Waals surface area (Å²) in [6.07, 6.45) is 2.12. The number of rotatable bonds is 3. The highest BCUT2D eigenvalue weighted by Gasteiger charge is 2.27. The highest BCUT2D eigenvalue weighted by molar-refractivity contribution is 5.91. The molecular weight excluding hydrogens is 264 g/mol. The molecule has 1 aromatic heterocycles. The van der Waals surface area contributed by atoms with Crippen LogP contribution in [0.15, 0.2) is 35.1 Å². The number of pyridine rings is 1. The molecule has 1 saturated heterocycles. The molecule has 0 radical (unpaired) electrons. The highest BCUT2D eigenvalue weighted by atomic mass is 16.5. The molecule has 0 spiro atoms. The minimum Gasteiger partial charge on any atom is -0.384 e. The molecule has 4 heteroatoms. The summed E-state index contributed by atoms with van der Waals surface area (Å²) in [6.45, 7) is 4.81. The van der Waals surface area contributed by atoms with Crippen LogP contribution in [0.3, 0.4) is 0 Å². The van der Waals surface area contributed by atoms with Gasteiger partial charge in [-0.3, -0.25) is 4.79 Å².